The molecule has 0 radical (unpaired) electrons. The maximum absolute atomic E-state index is 5.17. The summed E-state index contributed by atoms with van der Waals surface area (Å²) < 4.78 is 5.17. The van der Waals surface area contributed by atoms with Crippen molar-refractivity contribution in [2.24, 2.45) is 0 Å². The van der Waals surface area contributed by atoms with Gasteiger partial charge in [0.05, 0.1) is 7.11 Å². The van der Waals surface area contributed by atoms with Crippen LogP contribution in [0, 0.1) is 0 Å². The van der Waals surface area contributed by atoms with Gasteiger partial charge in [0.1, 0.15) is 5.75 Å². The Kier molecular flexibility index (Phi) is 3.00. The van der Waals surface area contributed by atoms with E-state index in [4.69, 9.17) is 4.74 Å². The van der Waals surface area contributed by atoms with Crippen LogP contribution in [-0.2, 0) is 0 Å². The molecule has 0 saturated heterocycles. The third-order valence-electron chi connectivity index (χ3n) is 2.28. The van der Waals surface area contributed by atoms with E-state index >= 15 is 0 Å². The van der Waals surface area contributed by atoms with Gasteiger partial charge in [0, 0.05) is 25.0 Å². The SMILES string of the molecule is CNc1ncc(-c2cccc(OC)c2)cn1. The maximum atomic E-state index is 5.17. The van der Waals surface area contributed by atoms with Gasteiger partial charge in [-0.1, -0.05) is 12.1 Å². The van der Waals surface area contributed by atoms with Gasteiger partial charge in [-0.3, -0.25) is 0 Å². The first-order valence-electron chi connectivity index (χ1n) is 4.97. The molecule has 0 aliphatic heterocycles. The molecule has 4 nitrogen and oxygen atoms in total. The van der Waals surface area contributed by atoms with Gasteiger partial charge < -0.3 is 10.1 Å². The van der Waals surface area contributed by atoms with Gasteiger partial charge in [-0.25, -0.2) is 9.97 Å². The van der Waals surface area contributed by atoms with Gasteiger partial charge in [-0.2, -0.15) is 0 Å². The van der Waals surface area contributed by atoms with E-state index < -0.39 is 0 Å². The molecule has 1 aromatic heterocycles. The minimum Gasteiger partial charge on any atom is -0.497 e. The second-order valence-electron chi connectivity index (χ2n) is 3.28. The van der Waals surface area contributed by atoms with Crippen molar-refractivity contribution in [3.8, 4) is 16.9 Å². The molecule has 1 N–H and O–H groups in total. The summed E-state index contributed by atoms with van der Waals surface area (Å²) in [6.45, 7) is 0. The summed E-state index contributed by atoms with van der Waals surface area (Å²) in [7, 11) is 3.44. The number of hydrogen-bond donors (Lipinski definition) is 1. The Morgan fingerprint density at radius 1 is 1.12 bits per heavy atom. The van der Waals surface area contributed by atoms with Crippen LogP contribution in [0.25, 0.3) is 11.1 Å². The fraction of sp³-hybridized carbons (Fsp3) is 0.167. The van der Waals surface area contributed by atoms with E-state index in [2.05, 4.69) is 15.3 Å². The van der Waals surface area contributed by atoms with E-state index in [1.54, 1.807) is 26.6 Å². The molecule has 0 bridgehead atoms. The van der Waals surface area contributed by atoms with Crippen molar-refractivity contribution in [2.75, 3.05) is 19.5 Å². The fourth-order valence-electron chi connectivity index (χ4n) is 1.41. The topological polar surface area (TPSA) is 47.0 Å². The highest BCUT2D eigenvalue weighted by atomic mass is 16.5. The van der Waals surface area contributed by atoms with Crippen LogP contribution in [0.4, 0.5) is 5.95 Å². The van der Waals surface area contributed by atoms with Crippen LogP contribution >= 0.6 is 0 Å². The molecule has 0 atom stereocenters. The molecule has 2 rings (SSSR count). The highest BCUT2D eigenvalue weighted by molar-refractivity contribution is 5.63. The zero-order valence-corrected chi connectivity index (χ0v) is 9.27. The molecule has 0 unspecified atom stereocenters. The second-order valence-corrected chi connectivity index (χ2v) is 3.28. The summed E-state index contributed by atoms with van der Waals surface area (Å²) in [4.78, 5) is 8.33. The Bertz CT molecular complexity index is 468. The molecular weight excluding hydrogens is 202 g/mol. The second kappa shape index (κ2) is 4.61. The minimum atomic E-state index is 0.617. The number of nitrogens with one attached hydrogen (secondary N) is 1. The largest absolute Gasteiger partial charge is 0.497 e. The lowest BCUT2D eigenvalue weighted by atomic mass is 10.1. The van der Waals surface area contributed by atoms with Gasteiger partial charge in [0.2, 0.25) is 5.95 Å². The summed E-state index contributed by atoms with van der Waals surface area (Å²) in [6, 6.07) is 7.81. The third-order valence-corrected chi connectivity index (χ3v) is 2.28. The van der Waals surface area contributed by atoms with E-state index in [0.29, 0.717) is 5.95 Å². The van der Waals surface area contributed by atoms with Gasteiger partial charge in [-0.15, -0.1) is 0 Å². The Labute approximate surface area is 94.3 Å². The molecule has 0 amide bonds. The molecule has 16 heavy (non-hydrogen) atoms. The average Bonchev–Trinajstić information content (AvgIpc) is 2.39. The number of anilines is 1. The molecule has 1 aromatic carbocycles. The van der Waals surface area contributed by atoms with Crippen LogP contribution in [0.1, 0.15) is 0 Å². The zero-order valence-electron chi connectivity index (χ0n) is 9.27. The van der Waals surface area contributed by atoms with Crippen molar-refractivity contribution >= 4 is 5.95 Å². The van der Waals surface area contributed by atoms with E-state index in [9.17, 15) is 0 Å². The third kappa shape index (κ3) is 2.11. The van der Waals surface area contributed by atoms with E-state index in [0.717, 1.165) is 16.9 Å². The predicted octanol–water partition coefficient (Wildman–Crippen LogP) is 2.19. The lowest BCUT2D eigenvalue weighted by Gasteiger charge is -2.04. The summed E-state index contributed by atoms with van der Waals surface area (Å²) in [5.74, 6) is 1.45. The standard InChI is InChI=1S/C12H13N3O/c1-13-12-14-7-10(8-15-12)9-4-3-5-11(6-9)16-2/h3-8H,1-2H3,(H,13,14,15). The van der Waals surface area contributed by atoms with Crippen LogP contribution in [-0.4, -0.2) is 24.1 Å². The molecule has 4 heteroatoms. The minimum absolute atomic E-state index is 0.617. The maximum Gasteiger partial charge on any atom is 0.222 e. The lowest BCUT2D eigenvalue weighted by molar-refractivity contribution is 0.415. The van der Waals surface area contributed by atoms with Crippen LogP contribution in [0.15, 0.2) is 36.7 Å². The van der Waals surface area contributed by atoms with Gasteiger partial charge in [0.25, 0.3) is 0 Å². The molecule has 0 spiro atoms. The number of aromatic nitrogens is 2. The fourth-order valence-corrected chi connectivity index (χ4v) is 1.41. The summed E-state index contributed by atoms with van der Waals surface area (Å²) in [5.41, 5.74) is 2.01. The number of benzene rings is 1. The smallest absolute Gasteiger partial charge is 0.222 e. The number of ether oxygens (including phenoxy) is 1. The van der Waals surface area contributed by atoms with Crippen molar-refractivity contribution in [3.05, 3.63) is 36.7 Å². The molecule has 2 aromatic rings. The Morgan fingerprint density at radius 3 is 2.50 bits per heavy atom. The summed E-state index contributed by atoms with van der Waals surface area (Å²) in [6.07, 6.45) is 3.57. The summed E-state index contributed by atoms with van der Waals surface area (Å²) in [5, 5.41) is 2.88. The van der Waals surface area contributed by atoms with Gasteiger partial charge >= 0.3 is 0 Å². The van der Waals surface area contributed by atoms with Crippen molar-refractivity contribution in [1.82, 2.24) is 9.97 Å². The first kappa shape index (κ1) is 10.4. The molecule has 0 aliphatic rings. The first-order valence-corrected chi connectivity index (χ1v) is 4.97. The molecule has 82 valence electrons. The van der Waals surface area contributed by atoms with E-state index in [1.165, 1.54) is 0 Å². The Hall–Kier alpha value is -2.10. The van der Waals surface area contributed by atoms with Crippen molar-refractivity contribution in [2.45, 2.75) is 0 Å². The Balaban J connectivity index is 2.34. The van der Waals surface area contributed by atoms with E-state index in [1.807, 2.05) is 24.3 Å². The zero-order chi connectivity index (χ0) is 11.4. The molecule has 0 saturated carbocycles. The van der Waals surface area contributed by atoms with Crippen LogP contribution in [0.3, 0.4) is 0 Å². The van der Waals surface area contributed by atoms with Crippen LogP contribution in [0.2, 0.25) is 0 Å². The van der Waals surface area contributed by atoms with Crippen molar-refractivity contribution < 1.29 is 4.74 Å². The molecule has 0 fully saturated rings. The quantitative estimate of drug-likeness (QED) is 0.852. The molecular formula is C12H13N3O. The van der Waals surface area contributed by atoms with Crippen LogP contribution < -0.4 is 10.1 Å². The lowest BCUT2D eigenvalue weighted by Crippen LogP contribution is -1.95. The number of methoxy groups -OCH3 is 1. The number of rotatable bonds is 3. The predicted molar refractivity (Wildman–Crippen MR) is 63.6 cm³/mol. The van der Waals surface area contributed by atoms with Crippen molar-refractivity contribution in [1.29, 1.82) is 0 Å². The van der Waals surface area contributed by atoms with E-state index in [-0.39, 0.29) is 0 Å². The molecule has 0 aliphatic carbocycles. The highest BCUT2D eigenvalue weighted by Gasteiger charge is 2.00. The molecule has 1 heterocycles. The monoisotopic (exact) mass is 215 g/mol. The normalized spacial score (nSPS) is 9.88. The van der Waals surface area contributed by atoms with Gasteiger partial charge in [0.15, 0.2) is 0 Å². The Morgan fingerprint density at radius 2 is 1.88 bits per heavy atom. The van der Waals surface area contributed by atoms with Crippen LogP contribution in [0.5, 0.6) is 5.75 Å². The average molecular weight is 215 g/mol. The summed E-state index contributed by atoms with van der Waals surface area (Å²) >= 11 is 0. The number of nitrogens with zero attached hydrogens (tertiary/aromatic N) is 2. The number of hydrogen-bond acceptors (Lipinski definition) is 4. The van der Waals surface area contributed by atoms with Crippen molar-refractivity contribution in [3.63, 3.8) is 0 Å². The van der Waals surface area contributed by atoms with Gasteiger partial charge in [-0.05, 0) is 17.7 Å². The first-order chi connectivity index (χ1) is 7.83. The highest BCUT2D eigenvalue weighted by Crippen LogP contribution is 2.22.